The van der Waals surface area contributed by atoms with Gasteiger partial charge < -0.3 is 9.64 Å². The van der Waals surface area contributed by atoms with Gasteiger partial charge in [-0.25, -0.2) is 0 Å². The maximum atomic E-state index is 12.7. The number of amides is 1. The molecule has 0 N–H and O–H groups in total. The van der Waals surface area contributed by atoms with Gasteiger partial charge in [-0.2, -0.15) is 0 Å². The van der Waals surface area contributed by atoms with Gasteiger partial charge in [-0.3, -0.25) is 4.79 Å². The Labute approximate surface area is 125 Å². The van der Waals surface area contributed by atoms with Crippen LogP contribution in [0.15, 0.2) is 23.1 Å². The van der Waals surface area contributed by atoms with Crippen molar-refractivity contribution in [3.05, 3.63) is 23.8 Å². The van der Waals surface area contributed by atoms with Crippen LogP contribution in [0.1, 0.15) is 30.6 Å². The largest absolute Gasteiger partial charge is 0.496 e. The zero-order valence-electron chi connectivity index (χ0n) is 12.7. The molecule has 1 aliphatic rings. The first-order valence-corrected chi connectivity index (χ1v) is 8.29. The molecule has 1 aromatic rings. The summed E-state index contributed by atoms with van der Waals surface area (Å²) in [6, 6.07) is 5.81. The summed E-state index contributed by atoms with van der Waals surface area (Å²) >= 11 is 1.65. The van der Waals surface area contributed by atoms with Gasteiger partial charge in [0.1, 0.15) is 5.75 Å². The lowest BCUT2D eigenvalue weighted by molar-refractivity contribution is 0.0619. The van der Waals surface area contributed by atoms with Crippen molar-refractivity contribution in [2.45, 2.75) is 25.2 Å². The molecule has 0 spiro atoms. The lowest BCUT2D eigenvalue weighted by Gasteiger charge is -2.35. The molecular formula is C16H23NO2S. The van der Waals surface area contributed by atoms with Gasteiger partial charge in [0.2, 0.25) is 0 Å². The van der Waals surface area contributed by atoms with Crippen molar-refractivity contribution in [2.24, 2.45) is 11.8 Å². The van der Waals surface area contributed by atoms with Crippen LogP contribution in [-0.2, 0) is 0 Å². The van der Waals surface area contributed by atoms with Crippen molar-refractivity contribution >= 4 is 17.7 Å². The van der Waals surface area contributed by atoms with E-state index in [2.05, 4.69) is 13.8 Å². The fourth-order valence-corrected chi connectivity index (χ4v) is 3.40. The minimum atomic E-state index is 0.0907. The summed E-state index contributed by atoms with van der Waals surface area (Å²) in [6.07, 6.45) is 3.22. The Bertz CT molecular complexity index is 479. The summed E-state index contributed by atoms with van der Waals surface area (Å²) in [5.41, 5.74) is 0.673. The van der Waals surface area contributed by atoms with E-state index >= 15 is 0 Å². The molecule has 0 unspecified atom stereocenters. The van der Waals surface area contributed by atoms with Crippen LogP contribution in [-0.4, -0.2) is 37.3 Å². The van der Waals surface area contributed by atoms with E-state index in [1.165, 1.54) is 6.42 Å². The summed E-state index contributed by atoms with van der Waals surface area (Å²) in [5, 5.41) is 0. The van der Waals surface area contributed by atoms with Gasteiger partial charge in [-0.05, 0) is 42.7 Å². The van der Waals surface area contributed by atoms with Crippen molar-refractivity contribution in [2.75, 3.05) is 26.5 Å². The predicted octanol–water partition coefficient (Wildman–Crippen LogP) is 3.54. The van der Waals surface area contributed by atoms with Crippen molar-refractivity contribution in [3.63, 3.8) is 0 Å². The smallest absolute Gasteiger partial charge is 0.257 e. The molecule has 2 atom stereocenters. The maximum Gasteiger partial charge on any atom is 0.257 e. The Hall–Kier alpha value is -1.16. The van der Waals surface area contributed by atoms with Gasteiger partial charge in [0.15, 0.2) is 0 Å². The molecule has 110 valence electrons. The van der Waals surface area contributed by atoms with Crippen LogP contribution >= 0.6 is 11.8 Å². The summed E-state index contributed by atoms with van der Waals surface area (Å²) < 4.78 is 5.39. The van der Waals surface area contributed by atoms with Crippen LogP contribution in [0.4, 0.5) is 0 Å². The normalized spacial score (nSPS) is 22.7. The highest BCUT2D eigenvalue weighted by Crippen LogP contribution is 2.28. The van der Waals surface area contributed by atoms with Gasteiger partial charge in [-0.1, -0.05) is 13.8 Å². The van der Waals surface area contributed by atoms with E-state index in [0.29, 0.717) is 23.1 Å². The first kappa shape index (κ1) is 15.2. The van der Waals surface area contributed by atoms with Gasteiger partial charge in [0.25, 0.3) is 5.91 Å². The summed E-state index contributed by atoms with van der Waals surface area (Å²) in [5.74, 6) is 1.90. The second kappa shape index (κ2) is 6.53. The molecule has 1 heterocycles. The fraction of sp³-hybridized carbons (Fsp3) is 0.562. The first-order chi connectivity index (χ1) is 9.55. The third-order valence-electron chi connectivity index (χ3n) is 3.80. The molecule has 1 aliphatic heterocycles. The van der Waals surface area contributed by atoms with Crippen LogP contribution in [0, 0.1) is 11.8 Å². The molecule has 0 aliphatic carbocycles. The predicted molar refractivity (Wildman–Crippen MR) is 83.6 cm³/mol. The van der Waals surface area contributed by atoms with E-state index in [1.54, 1.807) is 18.9 Å². The molecule has 0 aromatic heterocycles. The number of ether oxygens (including phenoxy) is 1. The quantitative estimate of drug-likeness (QED) is 0.798. The average molecular weight is 293 g/mol. The Morgan fingerprint density at radius 3 is 2.50 bits per heavy atom. The molecule has 1 aromatic carbocycles. The Morgan fingerprint density at radius 2 is 1.95 bits per heavy atom. The van der Waals surface area contributed by atoms with Crippen LogP contribution < -0.4 is 4.74 Å². The van der Waals surface area contributed by atoms with E-state index in [4.69, 9.17) is 4.74 Å². The van der Waals surface area contributed by atoms with E-state index in [9.17, 15) is 4.79 Å². The number of nitrogens with zero attached hydrogens (tertiary/aromatic N) is 1. The zero-order chi connectivity index (χ0) is 14.7. The number of methoxy groups -OCH3 is 1. The first-order valence-electron chi connectivity index (χ1n) is 7.06. The number of hydrogen-bond donors (Lipinski definition) is 0. The minimum Gasteiger partial charge on any atom is -0.496 e. The molecule has 2 rings (SSSR count). The molecule has 0 radical (unpaired) electrons. The van der Waals surface area contributed by atoms with E-state index < -0.39 is 0 Å². The number of carbonyl (C=O) groups is 1. The standard InChI is InChI=1S/C16H23NO2S/c1-11-7-12(2)10-17(9-11)16(18)14-6-5-13(20-4)8-15(14)19-3/h5-6,8,11-12H,7,9-10H2,1-4H3/t11-,12-/m1/s1. The second-order valence-corrected chi connectivity index (χ2v) is 6.60. The van der Waals surface area contributed by atoms with Crippen LogP contribution in [0.3, 0.4) is 0 Å². The Kier molecular flexibility index (Phi) is 4.97. The fourth-order valence-electron chi connectivity index (χ4n) is 2.97. The molecule has 20 heavy (non-hydrogen) atoms. The van der Waals surface area contributed by atoms with Crippen molar-refractivity contribution in [1.82, 2.24) is 4.90 Å². The molecular weight excluding hydrogens is 270 g/mol. The molecule has 0 bridgehead atoms. The zero-order valence-corrected chi connectivity index (χ0v) is 13.5. The highest BCUT2D eigenvalue weighted by molar-refractivity contribution is 7.98. The number of thioether (sulfide) groups is 1. The van der Waals surface area contributed by atoms with Crippen molar-refractivity contribution < 1.29 is 9.53 Å². The molecule has 1 amide bonds. The third-order valence-corrected chi connectivity index (χ3v) is 4.52. The molecule has 0 saturated carbocycles. The summed E-state index contributed by atoms with van der Waals surface area (Å²) in [7, 11) is 1.62. The van der Waals surface area contributed by atoms with Crippen molar-refractivity contribution in [1.29, 1.82) is 0 Å². The van der Waals surface area contributed by atoms with Gasteiger partial charge in [-0.15, -0.1) is 11.8 Å². The number of benzene rings is 1. The number of rotatable bonds is 3. The lowest BCUT2D eigenvalue weighted by atomic mass is 9.91. The number of carbonyl (C=O) groups excluding carboxylic acids is 1. The van der Waals surface area contributed by atoms with Crippen LogP contribution in [0.5, 0.6) is 5.75 Å². The maximum absolute atomic E-state index is 12.7. The molecule has 4 heteroatoms. The van der Waals surface area contributed by atoms with Gasteiger partial charge in [0, 0.05) is 18.0 Å². The number of likely N-dealkylation sites (tertiary alicyclic amines) is 1. The molecule has 1 fully saturated rings. The minimum absolute atomic E-state index is 0.0907. The van der Waals surface area contributed by atoms with Crippen LogP contribution in [0.2, 0.25) is 0 Å². The van der Waals surface area contributed by atoms with E-state index in [-0.39, 0.29) is 5.91 Å². The topological polar surface area (TPSA) is 29.5 Å². The molecule has 3 nitrogen and oxygen atoms in total. The second-order valence-electron chi connectivity index (χ2n) is 5.72. The highest BCUT2D eigenvalue weighted by atomic mass is 32.2. The number of hydrogen-bond acceptors (Lipinski definition) is 3. The van der Waals surface area contributed by atoms with E-state index in [1.807, 2.05) is 29.4 Å². The Balaban J connectivity index is 2.24. The van der Waals surface area contributed by atoms with E-state index in [0.717, 1.165) is 18.0 Å². The highest BCUT2D eigenvalue weighted by Gasteiger charge is 2.27. The SMILES string of the molecule is COc1cc(SC)ccc1C(=O)N1C[C@H](C)C[C@@H](C)C1. The third kappa shape index (κ3) is 3.29. The number of piperidine rings is 1. The Morgan fingerprint density at radius 1 is 1.30 bits per heavy atom. The summed E-state index contributed by atoms with van der Waals surface area (Å²) in [4.78, 5) is 15.8. The van der Waals surface area contributed by atoms with Crippen LogP contribution in [0.25, 0.3) is 0 Å². The summed E-state index contributed by atoms with van der Waals surface area (Å²) in [6.45, 7) is 6.11. The van der Waals surface area contributed by atoms with Gasteiger partial charge in [0.05, 0.1) is 12.7 Å². The van der Waals surface area contributed by atoms with Gasteiger partial charge >= 0.3 is 0 Å². The monoisotopic (exact) mass is 293 g/mol. The van der Waals surface area contributed by atoms with Crippen molar-refractivity contribution in [3.8, 4) is 5.75 Å². The lowest BCUT2D eigenvalue weighted by Crippen LogP contribution is -2.42. The average Bonchev–Trinajstić information content (AvgIpc) is 2.44. The molecule has 1 saturated heterocycles.